The first-order chi connectivity index (χ1) is 10.5. The van der Waals surface area contributed by atoms with E-state index in [4.69, 9.17) is 4.74 Å². The third-order valence-electron chi connectivity index (χ3n) is 3.36. The van der Waals surface area contributed by atoms with Crippen molar-refractivity contribution < 1.29 is 34.9 Å². The Morgan fingerprint density at radius 2 is 1.78 bits per heavy atom. The summed E-state index contributed by atoms with van der Waals surface area (Å²) in [5, 5.41) is 0. The van der Waals surface area contributed by atoms with E-state index in [2.05, 4.69) is 19.1 Å². The molecule has 2 aromatic rings. The number of halogens is 4. The predicted molar refractivity (Wildman–Crippen MR) is 77.6 cm³/mol. The van der Waals surface area contributed by atoms with Crippen molar-refractivity contribution in [2.75, 3.05) is 6.61 Å². The van der Waals surface area contributed by atoms with E-state index >= 15 is 0 Å². The molecular formula is C17H19ClF3NO. The number of aryl methyl sites for hydroxylation is 2. The molecule has 2 nitrogen and oxygen atoms in total. The molecule has 0 unspecified atom stereocenters. The van der Waals surface area contributed by atoms with Crippen LogP contribution in [0.2, 0.25) is 0 Å². The van der Waals surface area contributed by atoms with E-state index in [1.807, 2.05) is 17.0 Å². The lowest BCUT2D eigenvalue weighted by Crippen LogP contribution is -3.00. The fourth-order valence-corrected chi connectivity index (χ4v) is 2.07. The van der Waals surface area contributed by atoms with Crippen molar-refractivity contribution in [3.63, 3.8) is 0 Å². The lowest BCUT2D eigenvalue weighted by Gasteiger charge is -2.09. The molecular weight excluding hydrogens is 327 g/mol. The first-order valence-corrected chi connectivity index (χ1v) is 7.27. The van der Waals surface area contributed by atoms with Gasteiger partial charge in [0.2, 0.25) is 0 Å². The summed E-state index contributed by atoms with van der Waals surface area (Å²) in [6.45, 7) is 3.25. The summed E-state index contributed by atoms with van der Waals surface area (Å²) >= 11 is 0. The summed E-state index contributed by atoms with van der Waals surface area (Å²) in [6, 6.07) is 9.09. The van der Waals surface area contributed by atoms with Gasteiger partial charge in [0.1, 0.15) is 5.75 Å². The summed E-state index contributed by atoms with van der Waals surface area (Å²) in [7, 11) is 0. The topological polar surface area (TPSA) is 13.1 Å². The maximum atomic E-state index is 12.6. The summed E-state index contributed by atoms with van der Waals surface area (Å²) in [5.41, 5.74) is 0.589. The molecule has 0 spiro atoms. The van der Waals surface area contributed by atoms with Crippen LogP contribution in [0.4, 0.5) is 13.2 Å². The van der Waals surface area contributed by atoms with Gasteiger partial charge in [-0.1, -0.05) is 13.0 Å². The highest BCUT2D eigenvalue weighted by Gasteiger charge is 2.30. The fourth-order valence-electron chi connectivity index (χ4n) is 2.07. The van der Waals surface area contributed by atoms with Gasteiger partial charge in [-0.2, -0.15) is 13.2 Å². The molecule has 0 radical (unpaired) electrons. The van der Waals surface area contributed by atoms with Gasteiger partial charge in [-0.15, -0.1) is 0 Å². The monoisotopic (exact) mass is 345 g/mol. The number of benzene rings is 1. The Bertz CT molecular complexity index is 600. The number of hydrogen-bond acceptors (Lipinski definition) is 1. The number of nitrogens with zero attached hydrogens (tertiary/aromatic N) is 1. The Hall–Kier alpha value is -1.75. The predicted octanol–water partition coefficient (Wildman–Crippen LogP) is 1.03. The maximum absolute atomic E-state index is 12.6. The van der Waals surface area contributed by atoms with Gasteiger partial charge < -0.3 is 17.1 Å². The molecule has 0 saturated carbocycles. The molecule has 0 saturated heterocycles. The van der Waals surface area contributed by atoms with Gasteiger partial charge in [-0.25, -0.2) is 4.57 Å². The Balaban J connectivity index is 0.00000264. The number of alkyl halides is 3. The number of rotatable bonds is 6. The van der Waals surface area contributed by atoms with Crippen molar-refractivity contribution in [1.82, 2.24) is 0 Å². The minimum absolute atomic E-state index is 0. The van der Waals surface area contributed by atoms with Crippen molar-refractivity contribution >= 4 is 0 Å². The van der Waals surface area contributed by atoms with Crippen molar-refractivity contribution in [2.45, 2.75) is 32.5 Å². The van der Waals surface area contributed by atoms with Gasteiger partial charge in [0.25, 0.3) is 0 Å². The van der Waals surface area contributed by atoms with E-state index in [1.165, 1.54) is 11.6 Å². The van der Waals surface area contributed by atoms with Crippen molar-refractivity contribution in [1.29, 1.82) is 0 Å². The number of aromatic nitrogens is 1. The van der Waals surface area contributed by atoms with Crippen LogP contribution in [0, 0.1) is 0 Å². The van der Waals surface area contributed by atoms with Crippen LogP contribution in [0.25, 0.3) is 0 Å². The first-order valence-electron chi connectivity index (χ1n) is 7.27. The zero-order chi connectivity index (χ0) is 16.0. The molecule has 0 fully saturated rings. The second-order valence-corrected chi connectivity index (χ2v) is 5.03. The Morgan fingerprint density at radius 1 is 1.09 bits per heavy atom. The SMILES string of the molecule is CCc1cc[n+](CCCOc2cccc(C(F)(F)F)c2)cc1.[Cl-]. The Labute approximate surface area is 140 Å². The molecule has 1 aromatic heterocycles. The Kier molecular flexibility index (Phi) is 7.36. The van der Waals surface area contributed by atoms with E-state index in [-0.39, 0.29) is 18.2 Å². The van der Waals surface area contributed by atoms with Crippen LogP contribution in [0.1, 0.15) is 24.5 Å². The van der Waals surface area contributed by atoms with E-state index in [1.54, 1.807) is 6.07 Å². The smallest absolute Gasteiger partial charge is 0.416 e. The largest absolute Gasteiger partial charge is 1.00 e. The van der Waals surface area contributed by atoms with Gasteiger partial charge in [-0.05, 0) is 30.2 Å². The molecule has 0 amide bonds. The zero-order valence-corrected chi connectivity index (χ0v) is 13.6. The molecule has 0 bridgehead atoms. The molecule has 1 heterocycles. The molecule has 0 N–H and O–H groups in total. The van der Waals surface area contributed by atoms with Crippen molar-refractivity contribution in [2.24, 2.45) is 0 Å². The van der Waals surface area contributed by atoms with E-state index in [0.717, 1.165) is 31.5 Å². The van der Waals surface area contributed by atoms with Gasteiger partial charge in [0.15, 0.2) is 18.9 Å². The normalized spacial score (nSPS) is 11.0. The maximum Gasteiger partial charge on any atom is 0.416 e. The molecule has 23 heavy (non-hydrogen) atoms. The quantitative estimate of drug-likeness (QED) is 0.563. The van der Waals surface area contributed by atoms with Crippen molar-refractivity contribution in [3.05, 3.63) is 59.9 Å². The van der Waals surface area contributed by atoms with Gasteiger partial charge >= 0.3 is 6.18 Å². The first kappa shape index (κ1) is 19.3. The van der Waals surface area contributed by atoms with Crippen LogP contribution in [0.5, 0.6) is 5.75 Å². The third-order valence-corrected chi connectivity index (χ3v) is 3.36. The number of pyridine rings is 1. The Morgan fingerprint density at radius 3 is 2.39 bits per heavy atom. The zero-order valence-electron chi connectivity index (χ0n) is 12.8. The number of ether oxygens (including phenoxy) is 1. The summed E-state index contributed by atoms with van der Waals surface area (Å²) in [4.78, 5) is 0. The van der Waals surface area contributed by atoms with Gasteiger partial charge in [0, 0.05) is 18.6 Å². The molecule has 0 aliphatic heterocycles. The highest BCUT2D eigenvalue weighted by molar-refractivity contribution is 5.30. The molecule has 126 valence electrons. The minimum atomic E-state index is -4.34. The highest BCUT2D eigenvalue weighted by atomic mass is 35.5. The molecule has 0 atom stereocenters. The highest BCUT2D eigenvalue weighted by Crippen LogP contribution is 2.31. The van der Waals surface area contributed by atoms with Crippen molar-refractivity contribution in [3.8, 4) is 5.75 Å². The molecule has 2 rings (SSSR count). The molecule has 0 aliphatic rings. The number of hydrogen-bond donors (Lipinski definition) is 0. The van der Waals surface area contributed by atoms with Gasteiger partial charge in [0.05, 0.1) is 12.2 Å². The second-order valence-electron chi connectivity index (χ2n) is 5.03. The van der Waals surface area contributed by atoms with Gasteiger partial charge in [-0.3, -0.25) is 0 Å². The van der Waals surface area contributed by atoms with Crippen LogP contribution in [0.3, 0.4) is 0 Å². The van der Waals surface area contributed by atoms with E-state index in [0.29, 0.717) is 6.61 Å². The van der Waals surface area contributed by atoms with Crippen LogP contribution in [0.15, 0.2) is 48.8 Å². The van der Waals surface area contributed by atoms with Crippen LogP contribution >= 0.6 is 0 Å². The van der Waals surface area contributed by atoms with E-state index < -0.39 is 11.7 Å². The minimum Gasteiger partial charge on any atom is -1.00 e. The second kappa shape index (κ2) is 8.77. The summed E-state index contributed by atoms with van der Waals surface area (Å²) < 4.78 is 45.2. The van der Waals surface area contributed by atoms with Crippen LogP contribution in [-0.4, -0.2) is 6.61 Å². The third kappa shape index (κ3) is 6.10. The molecule has 0 aliphatic carbocycles. The van der Waals surface area contributed by atoms with E-state index in [9.17, 15) is 13.2 Å². The average Bonchev–Trinajstić information content (AvgIpc) is 2.52. The fraction of sp³-hybridized carbons (Fsp3) is 0.353. The molecule has 6 heteroatoms. The summed E-state index contributed by atoms with van der Waals surface area (Å²) in [5.74, 6) is 0.251. The van der Waals surface area contributed by atoms with Crippen LogP contribution < -0.4 is 21.7 Å². The lowest BCUT2D eigenvalue weighted by molar-refractivity contribution is -0.697. The summed E-state index contributed by atoms with van der Waals surface area (Å²) in [6.07, 6.45) is 1.40. The lowest BCUT2D eigenvalue weighted by atomic mass is 10.2. The molecule has 1 aromatic carbocycles. The van der Waals surface area contributed by atoms with Crippen LogP contribution in [-0.2, 0) is 19.1 Å². The standard InChI is InChI=1S/C17H19F3NO.ClH/c1-2-14-7-10-21(11-8-14)9-4-12-22-16-6-3-5-15(13-16)17(18,19)20;/h3,5-8,10-11,13H,2,4,9,12H2,1H3;1H/q+1;/p-1. The average molecular weight is 346 g/mol.